The molecule has 1 amide bonds. The number of halogens is 1. The van der Waals surface area contributed by atoms with Crippen LogP contribution in [0.2, 0.25) is 0 Å². The van der Waals surface area contributed by atoms with Gasteiger partial charge in [0.2, 0.25) is 5.91 Å². The van der Waals surface area contributed by atoms with Gasteiger partial charge in [0.1, 0.15) is 12.8 Å². The minimum absolute atomic E-state index is 0.190. The molecule has 5 heteroatoms. The van der Waals surface area contributed by atoms with Gasteiger partial charge in [-0.05, 0) is 12.1 Å². The average molecular weight is 239 g/mol. The molecule has 1 atom stereocenters. The lowest BCUT2D eigenvalue weighted by Gasteiger charge is -2.13. The van der Waals surface area contributed by atoms with E-state index < -0.39 is 18.7 Å². The number of anilines is 1. The zero-order chi connectivity index (χ0) is 12.7. The van der Waals surface area contributed by atoms with Gasteiger partial charge in [0.15, 0.2) is 0 Å². The minimum atomic E-state index is -1.02. The van der Waals surface area contributed by atoms with E-state index in [-0.39, 0.29) is 12.3 Å². The Morgan fingerprint density at radius 3 is 2.53 bits per heavy atom. The summed E-state index contributed by atoms with van der Waals surface area (Å²) in [6.45, 7) is 0.305. The van der Waals surface area contributed by atoms with Crippen LogP contribution in [0.1, 0.15) is 13.3 Å². The summed E-state index contributed by atoms with van der Waals surface area (Å²) in [5.41, 5.74) is 0.623. The molecule has 0 bridgehead atoms. The number of hydrogen-bond donors (Lipinski definition) is 1. The molecule has 0 aliphatic rings. The van der Waals surface area contributed by atoms with Crippen molar-refractivity contribution in [2.45, 2.75) is 19.4 Å². The molecule has 0 radical (unpaired) electrons. The van der Waals surface area contributed by atoms with E-state index in [1.807, 2.05) is 6.07 Å². The second-order valence-corrected chi connectivity index (χ2v) is 3.50. The van der Waals surface area contributed by atoms with Crippen molar-refractivity contribution in [3.63, 3.8) is 0 Å². The monoisotopic (exact) mass is 239 g/mol. The molecule has 1 rings (SSSR count). The first-order valence-corrected chi connectivity index (χ1v) is 5.20. The lowest BCUT2D eigenvalue weighted by Crippen LogP contribution is -2.25. The topological polar surface area (TPSA) is 55.4 Å². The highest BCUT2D eigenvalue weighted by molar-refractivity contribution is 5.91. The van der Waals surface area contributed by atoms with Crippen LogP contribution in [0.4, 0.5) is 10.1 Å². The first-order valence-electron chi connectivity index (χ1n) is 5.20. The number of ether oxygens (including phenoxy) is 1. The Hall–Kier alpha value is -1.91. The summed E-state index contributed by atoms with van der Waals surface area (Å²) in [7, 11) is 0. The fraction of sp³-hybridized carbons (Fsp3) is 0.333. The van der Waals surface area contributed by atoms with Crippen molar-refractivity contribution < 1.29 is 18.7 Å². The third-order valence-corrected chi connectivity index (χ3v) is 1.98. The molecule has 0 aliphatic carbocycles. The van der Waals surface area contributed by atoms with Crippen LogP contribution in [0, 0.1) is 0 Å². The number of nitrogens with one attached hydrogen (secondary N) is 1. The third kappa shape index (κ3) is 5.10. The standard InChI is InChI=1S/C12H14FNO3/c1-9(15)17-11(8-13)7-12(16)14-10-5-3-2-4-6-10/h2-6,11H,7-8H2,1H3,(H,14,16)/t11-/m1/s1. The zero-order valence-electron chi connectivity index (χ0n) is 9.48. The van der Waals surface area contributed by atoms with Gasteiger partial charge in [0.05, 0.1) is 6.42 Å². The van der Waals surface area contributed by atoms with E-state index in [0.717, 1.165) is 0 Å². The Balaban J connectivity index is 2.45. The molecule has 0 aliphatic heterocycles. The molecule has 17 heavy (non-hydrogen) atoms. The molecule has 0 fully saturated rings. The molecular formula is C12H14FNO3. The summed E-state index contributed by atoms with van der Waals surface area (Å²) in [5.74, 6) is -0.986. The Morgan fingerprint density at radius 1 is 1.35 bits per heavy atom. The number of rotatable bonds is 5. The number of alkyl halides is 1. The van der Waals surface area contributed by atoms with E-state index in [0.29, 0.717) is 5.69 Å². The summed E-state index contributed by atoms with van der Waals surface area (Å²) in [4.78, 5) is 22.1. The van der Waals surface area contributed by atoms with Crippen LogP contribution in [-0.2, 0) is 14.3 Å². The van der Waals surface area contributed by atoms with Gasteiger partial charge in [0.25, 0.3) is 0 Å². The van der Waals surface area contributed by atoms with Gasteiger partial charge in [0, 0.05) is 12.6 Å². The van der Waals surface area contributed by atoms with Gasteiger partial charge in [-0.25, -0.2) is 4.39 Å². The second kappa shape index (κ2) is 6.62. The van der Waals surface area contributed by atoms with Crippen molar-refractivity contribution in [1.29, 1.82) is 0 Å². The molecule has 0 saturated heterocycles. The maximum Gasteiger partial charge on any atom is 0.303 e. The normalized spacial score (nSPS) is 11.6. The van der Waals surface area contributed by atoms with Crippen LogP contribution in [-0.4, -0.2) is 24.7 Å². The van der Waals surface area contributed by atoms with Crippen LogP contribution < -0.4 is 5.32 Å². The highest BCUT2D eigenvalue weighted by Crippen LogP contribution is 2.08. The summed E-state index contributed by atoms with van der Waals surface area (Å²) in [6.07, 6.45) is -1.21. The molecule has 4 nitrogen and oxygen atoms in total. The van der Waals surface area contributed by atoms with Crippen molar-refractivity contribution in [3.8, 4) is 0 Å². The molecule has 0 aromatic heterocycles. The molecule has 0 unspecified atom stereocenters. The molecule has 0 spiro atoms. The predicted octanol–water partition coefficient (Wildman–Crippen LogP) is 1.92. The van der Waals surface area contributed by atoms with Gasteiger partial charge in [-0.2, -0.15) is 0 Å². The first kappa shape index (κ1) is 13.2. The Bertz CT molecular complexity index is 381. The lowest BCUT2D eigenvalue weighted by molar-refractivity contribution is -0.148. The van der Waals surface area contributed by atoms with Crippen LogP contribution in [0.5, 0.6) is 0 Å². The Kier molecular flexibility index (Phi) is 5.13. The van der Waals surface area contributed by atoms with E-state index in [1.54, 1.807) is 24.3 Å². The van der Waals surface area contributed by atoms with Crippen molar-refractivity contribution in [2.75, 3.05) is 12.0 Å². The summed E-state index contributed by atoms with van der Waals surface area (Å²) in [6, 6.07) is 8.80. The van der Waals surface area contributed by atoms with Crippen LogP contribution in [0.15, 0.2) is 30.3 Å². The summed E-state index contributed by atoms with van der Waals surface area (Å²) in [5, 5.41) is 2.58. The van der Waals surface area contributed by atoms with Gasteiger partial charge in [-0.1, -0.05) is 18.2 Å². The van der Waals surface area contributed by atoms with Gasteiger partial charge >= 0.3 is 5.97 Å². The quantitative estimate of drug-likeness (QED) is 0.798. The third-order valence-electron chi connectivity index (χ3n) is 1.98. The predicted molar refractivity (Wildman–Crippen MR) is 61.2 cm³/mol. The van der Waals surface area contributed by atoms with Crippen LogP contribution >= 0.6 is 0 Å². The summed E-state index contributed by atoms with van der Waals surface area (Å²) < 4.78 is 17.1. The number of esters is 1. The SMILES string of the molecule is CC(=O)O[C@@H](CF)CC(=O)Nc1ccccc1. The number of para-hydroxylation sites is 1. The van der Waals surface area contributed by atoms with Crippen molar-refractivity contribution in [2.24, 2.45) is 0 Å². The first-order chi connectivity index (χ1) is 8.11. The van der Waals surface area contributed by atoms with Crippen LogP contribution in [0.25, 0.3) is 0 Å². The molecule has 1 aromatic carbocycles. The molecular weight excluding hydrogens is 225 g/mol. The van der Waals surface area contributed by atoms with Gasteiger partial charge < -0.3 is 10.1 Å². The minimum Gasteiger partial charge on any atom is -0.459 e. The van der Waals surface area contributed by atoms with E-state index in [1.165, 1.54) is 6.92 Å². The second-order valence-electron chi connectivity index (χ2n) is 3.50. The number of carbonyl (C=O) groups excluding carboxylic acids is 2. The smallest absolute Gasteiger partial charge is 0.303 e. The highest BCUT2D eigenvalue weighted by atomic mass is 19.1. The number of hydrogen-bond acceptors (Lipinski definition) is 3. The maximum absolute atomic E-state index is 12.5. The Morgan fingerprint density at radius 2 is 2.00 bits per heavy atom. The highest BCUT2D eigenvalue weighted by Gasteiger charge is 2.16. The average Bonchev–Trinajstić information content (AvgIpc) is 2.28. The van der Waals surface area contributed by atoms with Crippen LogP contribution in [0.3, 0.4) is 0 Å². The summed E-state index contributed by atoms with van der Waals surface area (Å²) >= 11 is 0. The van der Waals surface area contributed by atoms with E-state index in [4.69, 9.17) is 0 Å². The number of amides is 1. The van der Waals surface area contributed by atoms with Gasteiger partial charge in [-0.15, -0.1) is 0 Å². The number of carbonyl (C=O) groups is 2. The molecule has 1 N–H and O–H groups in total. The molecule has 92 valence electrons. The molecule has 0 saturated carbocycles. The lowest BCUT2D eigenvalue weighted by atomic mass is 10.2. The fourth-order valence-corrected chi connectivity index (χ4v) is 1.30. The zero-order valence-corrected chi connectivity index (χ0v) is 9.48. The molecule has 1 aromatic rings. The Labute approximate surface area is 98.8 Å². The maximum atomic E-state index is 12.5. The van der Waals surface area contributed by atoms with E-state index >= 15 is 0 Å². The van der Waals surface area contributed by atoms with E-state index in [9.17, 15) is 14.0 Å². The van der Waals surface area contributed by atoms with Crippen molar-refractivity contribution in [3.05, 3.63) is 30.3 Å². The number of benzene rings is 1. The van der Waals surface area contributed by atoms with Crippen molar-refractivity contribution in [1.82, 2.24) is 0 Å². The van der Waals surface area contributed by atoms with Crippen molar-refractivity contribution >= 4 is 17.6 Å². The molecule has 0 heterocycles. The fourth-order valence-electron chi connectivity index (χ4n) is 1.30. The van der Waals surface area contributed by atoms with Gasteiger partial charge in [-0.3, -0.25) is 9.59 Å². The van der Waals surface area contributed by atoms with E-state index in [2.05, 4.69) is 10.1 Å². The largest absolute Gasteiger partial charge is 0.459 e.